The minimum Gasteiger partial charge on any atom is -0.480 e. The van der Waals surface area contributed by atoms with Crippen molar-refractivity contribution in [3.05, 3.63) is 27.1 Å². The van der Waals surface area contributed by atoms with Gasteiger partial charge in [-0.1, -0.05) is 11.3 Å². The van der Waals surface area contributed by atoms with Crippen molar-refractivity contribution < 1.29 is 19.6 Å². The Morgan fingerprint density at radius 2 is 2.18 bits per heavy atom. The molecule has 0 spiro atoms. The summed E-state index contributed by atoms with van der Waals surface area (Å²) < 4.78 is 0. The summed E-state index contributed by atoms with van der Waals surface area (Å²) in [5.74, 6) is -1.63. The van der Waals surface area contributed by atoms with Gasteiger partial charge >= 0.3 is 11.0 Å². The maximum absolute atomic E-state index is 11.8. The third-order valence-corrected chi connectivity index (χ3v) is 3.00. The van der Waals surface area contributed by atoms with Crippen LogP contribution in [0, 0.1) is 10.1 Å². The molecule has 0 aliphatic heterocycles. The first-order valence-electron chi connectivity index (χ1n) is 4.71. The molecule has 0 fully saturated rings. The summed E-state index contributed by atoms with van der Waals surface area (Å²) in [4.78, 5) is 33.5. The lowest BCUT2D eigenvalue weighted by Gasteiger charge is -2.16. The Bertz CT molecular complexity index is 456. The van der Waals surface area contributed by atoms with Gasteiger partial charge in [-0.25, -0.2) is 0 Å². The molecule has 1 rings (SSSR count). The standard InChI is InChI=1S/C9H10N2O5S/c1-2-10(5-8(12)13)9(14)6-3-4-7(17-6)11(15)16/h3-4H,2,5H2,1H3,(H,12,13). The van der Waals surface area contributed by atoms with Gasteiger partial charge in [0, 0.05) is 12.6 Å². The Kier molecular flexibility index (Phi) is 4.16. The molecule has 0 atom stereocenters. The number of hydrogen-bond acceptors (Lipinski definition) is 5. The van der Waals surface area contributed by atoms with Crippen molar-refractivity contribution in [2.24, 2.45) is 0 Å². The summed E-state index contributed by atoms with van der Waals surface area (Å²) in [6.07, 6.45) is 0. The fourth-order valence-electron chi connectivity index (χ4n) is 1.19. The third kappa shape index (κ3) is 3.25. The smallest absolute Gasteiger partial charge is 0.324 e. The molecule has 0 aliphatic rings. The number of rotatable bonds is 5. The summed E-state index contributed by atoms with van der Waals surface area (Å²) in [6.45, 7) is 1.46. The second-order valence-corrected chi connectivity index (χ2v) is 4.17. The molecule has 8 heteroatoms. The maximum Gasteiger partial charge on any atom is 0.324 e. The molecule has 1 aromatic rings. The van der Waals surface area contributed by atoms with E-state index in [0.717, 1.165) is 16.2 Å². The predicted octanol–water partition coefficient (Wildman–Crippen LogP) is 1.20. The molecule has 0 saturated heterocycles. The topological polar surface area (TPSA) is 101 Å². The van der Waals surface area contributed by atoms with Crippen molar-refractivity contribution in [1.29, 1.82) is 0 Å². The number of carbonyl (C=O) groups is 2. The van der Waals surface area contributed by atoms with E-state index in [2.05, 4.69) is 0 Å². The summed E-state index contributed by atoms with van der Waals surface area (Å²) in [7, 11) is 0. The van der Waals surface area contributed by atoms with Crippen LogP contribution in [0.5, 0.6) is 0 Å². The Morgan fingerprint density at radius 1 is 1.53 bits per heavy atom. The van der Waals surface area contributed by atoms with E-state index in [1.807, 2.05) is 0 Å². The first-order valence-corrected chi connectivity index (χ1v) is 5.52. The number of aliphatic carboxylic acids is 1. The van der Waals surface area contributed by atoms with E-state index in [-0.39, 0.29) is 16.4 Å². The molecular formula is C9H10N2O5S. The second kappa shape index (κ2) is 5.39. The number of thiophene rings is 1. The molecule has 92 valence electrons. The Hall–Kier alpha value is -1.96. The first kappa shape index (κ1) is 13.1. The van der Waals surface area contributed by atoms with Crippen LogP contribution < -0.4 is 0 Å². The average Bonchev–Trinajstić information content (AvgIpc) is 2.73. The van der Waals surface area contributed by atoms with Crippen LogP contribution in [0.2, 0.25) is 0 Å². The van der Waals surface area contributed by atoms with Gasteiger partial charge in [0.25, 0.3) is 5.91 Å². The van der Waals surface area contributed by atoms with Crippen molar-refractivity contribution in [2.45, 2.75) is 6.92 Å². The highest BCUT2D eigenvalue weighted by Crippen LogP contribution is 2.24. The van der Waals surface area contributed by atoms with Crippen LogP contribution in [0.4, 0.5) is 5.00 Å². The second-order valence-electron chi connectivity index (χ2n) is 3.11. The molecule has 1 heterocycles. The normalized spacial score (nSPS) is 9.94. The van der Waals surface area contributed by atoms with Gasteiger partial charge in [-0.05, 0) is 13.0 Å². The summed E-state index contributed by atoms with van der Waals surface area (Å²) in [5, 5.41) is 18.9. The molecule has 17 heavy (non-hydrogen) atoms. The maximum atomic E-state index is 11.8. The van der Waals surface area contributed by atoms with Crippen LogP contribution in [-0.2, 0) is 4.79 Å². The zero-order chi connectivity index (χ0) is 13.0. The predicted molar refractivity (Wildman–Crippen MR) is 60.2 cm³/mol. The minimum absolute atomic E-state index is 0.139. The van der Waals surface area contributed by atoms with Gasteiger partial charge in [-0.15, -0.1) is 0 Å². The van der Waals surface area contributed by atoms with Crippen LogP contribution in [0.3, 0.4) is 0 Å². The Balaban J connectivity index is 2.86. The van der Waals surface area contributed by atoms with Gasteiger partial charge in [-0.2, -0.15) is 0 Å². The zero-order valence-corrected chi connectivity index (χ0v) is 9.77. The largest absolute Gasteiger partial charge is 0.480 e. The van der Waals surface area contributed by atoms with E-state index in [1.165, 1.54) is 12.1 Å². The molecule has 0 bridgehead atoms. The third-order valence-electron chi connectivity index (χ3n) is 1.98. The number of carboxylic acid groups (broad SMARTS) is 1. The van der Waals surface area contributed by atoms with Crippen molar-refractivity contribution in [3.63, 3.8) is 0 Å². The zero-order valence-electron chi connectivity index (χ0n) is 8.95. The molecule has 0 aromatic carbocycles. The highest BCUT2D eigenvalue weighted by Gasteiger charge is 2.21. The average molecular weight is 258 g/mol. The SMILES string of the molecule is CCN(CC(=O)O)C(=O)c1ccc([N+](=O)[O-])s1. The molecule has 0 saturated carbocycles. The van der Waals surface area contributed by atoms with Gasteiger partial charge in [-0.3, -0.25) is 19.7 Å². The van der Waals surface area contributed by atoms with Crippen molar-refractivity contribution in [1.82, 2.24) is 4.90 Å². The van der Waals surface area contributed by atoms with Crippen molar-refractivity contribution in [2.75, 3.05) is 13.1 Å². The summed E-state index contributed by atoms with van der Waals surface area (Å²) in [6, 6.07) is 2.56. The number of carbonyl (C=O) groups excluding carboxylic acids is 1. The van der Waals surface area contributed by atoms with Gasteiger partial charge in [0.05, 0.1) is 9.80 Å². The van der Waals surface area contributed by atoms with Crippen LogP contribution >= 0.6 is 11.3 Å². The quantitative estimate of drug-likeness (QED) is 0.631. The lowest BCUT2D eigenvalue weighted by Crippen LogP contribution is -2.34. The van der Waals surface area contributed by atoms with Crippen LogP contribution in [-0.4, -0.2) is 39.9 Å². The summed E-state index contributed by atoms with van der Waals surface area (Å²) >= 11 is 0.737. The van der Waals surface area contributed by atoms with Crippen LogP contribution in [0.25, 0.3) is 0 Å². The van der Waals surface area contributed by atoms with E-state index in [0.29, 0.717) is 0 Å². The number of hydrogen-bond donors (Lipinski definition) is 1. The van der Waals surface area contributed by atoms with Gasteiger partial charge in [0.15, 0.2) is 0 Å². The molecule has 1 amide bonds. The van der Waals surface area contributed by atoms with Crippen molar-refractivity contribution in [3.8, 4) is 0 Å². The van der Waals surface area contributed by atoms with Gasteiger partial charge < -0.3 is 10.0 Å². The minimum atomic E-state index is -1.12. The lowest BCUT2D eigenvalue weighted by atomic mass is 10.4. The van der Waals surface area contributed by atoms with E-state index in [9.17, 15) is 19.7 Å². The molecule has 0 radical (unpaired) electrons. The molecule has 0 aliphatic carbocycles. The van der Waals surface area contributed by atoms with E-state index in [4.69, 9.17) is 5.11 Å². The monoisotopic (exact) mass is 258 g/mol. The van der Waals surface area contributed by atoms with Gasteiger partial charge in [0.2, 0.25) is 0 Å². The fourth-order valence-corrected chi connectivity index (χ4v) is 1.98. The van der Waals surface area contributed by atoms with Gasteiger partial charge in [0.1, 0.15) is 6.54 Å². The molecular weight excluding hydrogens is 248 g/mol. The molecule has 0 unspecified atom stereocenters. The van der Waals surface area contributed by atoms with Crippen LogP contribution in [0.15, 0.2) is 12.1 Å². The number of likely N-dealkylation sites (N-methyl/N-ethyl adjacent to an activating group) is 1. The number of amides is 1. The summed E-state index contributed by atoms with van der Waals surface area (Å²) in [5.41, 5.74) is 0. The number of nitrogens with zero attached hydrogens (tertiary/aromatic N) is 2. The molecule has 1 aromatic heterocycles. The van der Waals surface area contributed by atoms with Crippen molar-refractivity contribution >= 4 is 28.2 Å². The van der Waals surface area contributed by atoms with E-state index >= 15 is 0 Å². The lowest BCUT2D eigenvalue weighted by molar-refractivity contribution is -0.380. The molecule has 1 N–H and O–H groups in total. The fraction of sp³-hybridized carbons (Fsp3) is 0.333. The first-order chi connectivity index (χ1) is 7.95. The highest BCUT2D eigenvalue weighted by atomic mass is 32.1. The van der Waals surface area contributed by atoms with Crippen LogP contribution in [0.1, 0.15) is 16.6 Å². The van der Waals surface area contributed by atoms with E-state index in [1.54, 1.807) is 6.92 Å². The highest BCUT2D eigenvalue weighted by molar-refractivity contribution is 7.17. The number of carboxylic acids is 1. The molecule has 7 nitrogen and oxygen atoms in total. The Labute approximate surface area is 100 Å². The Morgan fingerprint density at radius 3 is 2.59 bits per heavy atom. The van der Waals surface area contributed by atoms with E-state index < -0.39 is 23.3 Å². The number of nitro groups is 1.